The highest BCUT2D eigenvalue weighted by Crippen LogP contribution is 2.35. The molecule has 1 atom stereocenters. The van der Waals surface area contributed by atoms with Crippen LogP contribution < -0.4 is 5.32 Å². The Hall–Kier alpha value is -1.69. The van der Waals surface area contributed by atoms with Crippen molar-refractivity contribution in [3.05, 3.63) is 48.3 Å². The molecule has 2 aliphatic heterocycles. The van der Waals surface area contributed by atoms with Gasteiger partial charge in [0.05, 0.1) is 11.3 Å². The molecule has 2 aromatic rings. The van der Waals surface area contributed by atoms with E-state index in [1.807, 2.05) is 23.1 Å². The van der Waals surface area contributed by atoms with Gasteiger partial charge in [0.2, 0.25) is 0 Å². The predicted octanol–water partition coefficient (Wildman–Crippen LogP) is 2.61. The second kappa shape index (κ2) is 7.28. The van der Waals surface area contributed by atoms with Gasteiger partial charge >= 0.3 is 0 Å². The van der Waals surface area contributed by atoms with E-state index >= 15 is 0 Å². The van der Waals surface area contributed by atoms with Crippen LogP contribution in [0.2, 0.25) is 0 Å². The van der Waals surface area contributed by atoms with Crippen molar-refractivity contribution in [3.8, 4) is 5.69 Å². The Morgan fingerprint density at radius 2 is 2.08 bits per heavy atom. The smallest absolute Gasteiger partial charge is 0.0721 e. The summed E-state index contributed by atoms with van der Waals surface area (Å²) in [5.74, 6) is 0. The average Bonchev–Trinajstić information content (AvgIpc) is 3.18. The summed E-state index contributed by atoms with van der Waals surface area (Å²) in [6, 6.07) is 11.3. The van der Waals surface area contributed by atoms with Crippen molar-refractivity contribution in [2.24, 2.45) is 0 Å². The topological polar surface area (TPSA) is 42.3 Å². The quantitative estimate of drug-likeness (QED) is 0.929. The summed E-state index contributed by atoms with van der Waals surface area (Å²) >= 11 is 0. The van der Waals surface area contributed by atoms with E-state index in [-0.39, 0.29) is 5.60 Å². The zero-order chi connectivity index (χ0) is 17.1. The Kier molecular flexibility index (Phi) is 4.88. The van der Waals surface area contributed by atoms with Gasteiger partial charge in [-0.25, -0.2) is 4.68 Å². The molecule has 1 aromatic carbocycles. The van der Waals surface area contributed by atoms with Crippen molar-refractivity contribution in [2.45, 2.75) is 43.9 Å². The molecule has 0 saturated carbocycles. The van der Waals surface area contributed by atoms with Gasteiger partial charge in [0.25, 0.3) is 0 Å². The zero-order valence-corrected chi connectivity index (χ0v) is 15.0. The molecule has 134 valence electrons. The van der Waals surface area contributed by atoms with E-state index in [2.05, 4.69) is 46.6 Å². The Balaban J connectivity index is 1.38. The van der Waals surface area contributed by atoms with Crippen molar-refractivity contribution >= 4 is 0 Å². The van der Waals surface area contributed by atoms with Gasteiger partial charge in [-0.05, 0) is 69.6 Å². The van der Waals surface area contributed by atoms with E-state index < -0.39 is 0 Å². The normalized spacial score (nSPS) is 23.2. The van der Waals surface area contributed by atoms with Crippen LogP contribution in [0.15, 0.2) is 42.7 Å². The molecular weight excluding hydrogens is 312 g/mol. The highest BCUT2D eigenvalue weighted by molar-refractivity contribution is 5.33. The van der Waals surface area contributed by atoms with Crippen LogP contribution in [-0.4, -0.2) is 53.1 Å². The first-order valence-corrected chi connectivity index (χ1v) is 9.38. The predicted molar refractivity (Wildman–Crippen MR) is 98.8 cm³/mol. The maximum Gasteiger partial charge on any atom is 0.0721 e. The fraction of sp³-hybridized carbons (Fsp3) is 0.550. The summed E-state index contributed by atoms with van der Waals surface area (Å²) in [6.07, 6.45) is 8.38. The third-order valence-corrected chi connectivity index (χ3v) is 5.74. The van der Waals surface area contributed by atoms with E-state index in [1.54, 1.807) is 0 Å². The van der Waals surface area contributed by atoms with Gasteiger partial charge in [0.1, 0.15) is 0 Å². The van der Waals surface area contributed by atoms with Crippen molar-refractivity contribution in [3.63, 3.8) is 0 Å². The molecule has 1 spiro atoms. The molecule has 3 heterocycles. The molecule has 1 unspecified atom stereocenters. The van der Waals surface area contributed by atoms with Crippen molar-refractivity contribution in [1.82, 2.24) is 20.0 Å². The van der Waals surface area contributed by atoms with E-state index in [0.717, 1.165) is 57.6 Å². The minimum absolute atomic E-state index is 0.117. The van der Waals surface area contributed by atoms with Crippen LogP contribution >= 0.6 is 0 Å². The lowest BCUT2D eigenvalue weighted by Gasteiger charge is -2.46. The maximum absolute atomic E-state index is 6.22. The van der Waals surface area contributed by atoms with Crippen LogP contribution in [0.25, 0.3) is 5.69 Å². The Bertz CT molecular complexity index is 656. The molecule has 2 fully saturated rings. The molecule has 0 bridgehead atoms. The fourth-order valence-electron chi connectivity index (χ4n) is 4.20. The summed E-state index contributed by atoms with van der Waals surface area (Å²) < 4.78 is 8.11. The van der Waals surface area contributed by atoms with E-state index in [4.69, 9.17) is 4.74 Å². The molecule has 25 heavy (non-hydrogen) atoms. The first-order chi connectivity index (χ1) is 12.2. The van der Waals surface area contributed by atoms with Crippen LogP contribution in [0, 0.1) is 0 Å². The van der Waals surface area contributed by atoms with Gasteiger partial charge in [-0.2, -0.15) is 5.10 Å². The van der Waals surface area contributed by atoms with E-state index in [1.165, 1.54) is 5.56 Å². The standard InChI is InChI=1S/C20H28N4O/c1-23(19-7-14-25-20(15-19)8-11-21-12-9-20)16-17-3-5-18(6-4-17)24-13-2-10-22-24/h2-6,10,13,19,21H,7-9,11-12,14-16H2,1H3. The molecule has 0 aliphatic carbocycles. The second-order valence-electron chi connectivity index (χ2n) is 7.46. The fourth-order valence-corrected chi connectivity index (χ4v) is 4.20. The maximum atomic E-state index is 6.22. The summed E-state index contributed by atoms with van der Waals surface area (Å²) in [5, 5.41) is 7.74. The van der Waals surface area contributed by atoms with Crippen LogP contribution in [0.1, 0.15) is 31.2 Å². The minimum Gasteiger partial charge on any atom is -0.375 e. The van der Waals surface area contributed by atoms with Gasteiger partial charge in [-0.3, -0.25) is 4.90 Å². The van der Waals surface area contributed by atoms with Crippen molar-refractivity contribution < 1.29 is 4.74 Å². The number of aromatic nitrogens is 2. The Morgan fingerprint density at radius 3 is 2.80 bits per heavy atom. The molecule has 5 heteroatoms. The highest BCUT2D eigenvalue weighted by atomic mass is 16.5. The molecule has 0 amide bonds. The minimum atomic E-state index is 0.117. The highest BCUT2D eigenvalue weighted by Gasteiger charge is 2.39. The van der Waals surface area contributed by atoms with Crippen molar-refractivity contribution in [2.75, 3.05) is 26.7 Å². The molecule has 5 nitrogen and oxygen atoms in total. The number of ether oxygens (including phenoxy) is 1. The van der Waals surface area contributed by atoms with Crippen LogP contribution in [0.3, 0.4) is 0 Å². The number of piperidine rings is 1. The number of nitrogens with zero attached hydrogens (tertiary/aromatic N) is 3. The number of hydrogen-bond acceptors (Lipinski definition) is 4. The lowest BCUT2D eigenvalue weighted by Crippen LogP contribution is -2.52. The largest absolute Gasteiger partial charge is 0.375 e. The van der Waals surface area contributed by atoms with Crippen molar-refractivity contribution in [1.29, 1.82) is 0 Å². The van der Waals surface area contributed by atoms with E-state index in [0.29, 0.717) is 6.04 Å². The monoisotopic (exact) mass is 340 g/mol. The molecular formula is C20H28N4O. The summed E-state index contributed by atoms with van der Waals surface area (Å²) in [6.45, 7) is 4.06. The van der Waals surface area contributed by atoms with Crippen LogP contribution in [0.4, 0.5) is 0 Å². The van der Waals surface area contributed by atoms with Gasteiger partial charge < -0.3 is 10.1 Å². The SMILES string of the molecule is CN(Cc1ccc(-n2cccn2)cc1)C1CCOC2(CCNCC2)C1. The van der Waals surface area contributed by atoms with Crippen LogP contribution in [0.5, 0.6) is 0 Å². The van der Waals surface area contributed by atoms with Gasteiger partial charge in [-0.15, -0.1) is 0 Å². The summed E-state index contributed by atoms with van der Waals surface area (Å²) in [5.41, 5.74) is 2.58. The molecule has 1 aromatic heterocycles. The number of hydrogen-bond donors (Lipinski definition) is 1. The number of nitrogens with one attached hydrogen (secondary N) is 1. The Morgan fingerprint density at radius 1 is 1.28 bits per heavy atom. The third kappa shape index (κ3) is 3.78. The molecule has 0 radical (unpaired) electrons. The molecule has 4 rings (SSSR count). The molecule has 1 N–H and O–H groups in total. The van der Waals surface area contributed by atoms with Gasteiger partial charge in [-0.1, -0.05) is 12.1 Å². The number of rotatable bonds is 4. The zero-order valence-electron chi connectivity index (χ0n) is 15.0. The molecule has 2 saturated heterocycles. The number of benzene rings is 1. The third-order valence-electron chi connectivity index (χ3n) is 5.74. The summed E-state index contributed by atoms with van der Waals surface area (Å²) in [4.78, 5) is 2.51. The van der Waals surface area contributed by atoms with E-state index in [9.17, 15) is 0 Å². The first kappa shape index (κ1) is 16.8. The molecule has 2 aliphatic rings. The lowest BCUT2D eigenvalue weighted by atomic mass is 9.82. The van der Waals surface area contributed by atoms with Crippen LogP contribution in [-0.2, 0) is 11.3 Å². The summed E-state index contributed by atoms with van der Waals surface area (Å²) in [7, 11) is 2.26. The van der Waals surface area contributed by atoms with Gasteiger partial charge in [0, 0.05) is 31.6 Å². The second-order valence-corrected chi connectivity index (χ2v) is 7.46. The Labute approximate surface area is 150 Å². The average molecular weight is 340 g/mol. The first-order valence-electron chi connectivity index (χ1n) is 9.38. The van der Waals surface area contributed by atoms with Gasteiger partial charge in [0.15, 0.2) is 0 Å². The lowest BCUT2D eigenvalue weighted by molar-refractivity contribution is -0.119.